The van der Waals surface area contributed by atoms with Crippen LogP contribution in [0.2, 0.25) is 0 Å². The summed E-state index contributed by atoms with van der Waals surface area (Å²) in [6.45, 7) is 0. The third-order valence-electron chi connectivity index (χ3n) is 10.5. The molecule has 0 bridgehead atoms. The molecular weight excluding hydrogens is 891 g/mol. The van der Waals surface area contributed by atoms with Crippen molar-refractivity contribution in [1.82, 2.24) is 9.97 Å². The lowest BCUT2D eigenvalue weighted by Gasteiger charge is -2.10. The lowest BCUT2D eigenvalue weighted by Crippen LogP contribution is -2.28. The maximum Gasteiger partial charge on any atom is 0.534 e. The van der Waals surface area contributed by atoms with Gasteiger partial charge in [0, 0.05) is 74.5 Å². The number of para-hydroxylation sites is 2. The highest BCUT2D eigenvalue weighted by Gasteiger charge is 2.48. The first-order valence-corrected chi connectivity index (χ1v) is 22.3. The molecule has 10 aromatic rings. The van der Waals surface area contributed by atoms with E-state index in [1.807, 2.05) is 109 Å². The highest BCUT2D eigenvalue weighted by Crippen LogP contribution is 2.37. The van der Waals surface area contributed by atoms with Crippen molar-refractivity contribution in [3.63, 3.8) is 0 Å². The Labute approximate surface area is 389 Å². The minimum Gasteiger partial charge on any atom is -0.456 e. The lowest BCUT2D eigenvalue weighted by atomic mass is 9.74. The minimum atomic E-state index is -5.76. The van der Waals surface area contributed by atoms with Crippen LogP contribution < -0.4 is 15.2 Å². The van der Waals surface area contributed by atoms with E-state index >= 15 is 0 Å². The lowest BCUT2D eigenvalue weighted by molar-refractivity contribution is -0.0500. The van der Waals surface area contributed by atoms with Gasteiger partial charge in [-0.25, -0.2) is 0 Å². The van der Waals surface area contributed by atoms with E-state index in [4.69, 9.17) is 14.6 Å². The molecule has 4 heterocycles. The molecule has 0 amide bonds. The maximum absolute atomic E-state index is 12.6. The van der Waals surface area contributed by atoms with Gasteiger partial charge in [-0.2, -0.15) is 21.6 Å². The van der Waals surface area contributed by atoms with E-state index in [2.05, 4.69) is 37.7 Å². The van der Waals surface area contributed by atoms with Gasteiger partial charge in [0.2, 0.25) is 14.6 Å². The summed E-state index contributed by atoms with van der Waals surface area (Å²) in [5.41, 5.74) is 7.86. The van der Waals surface area contributed by atoms with E-state index in [-0.39, 0.29) is 0 Å². The molecule has 0 unspecified atom stereocenters. The van der Waals surface area contributed by atoms with Crippen molar-refractivity contribution in [1.29, 1.82) is 0 Å². The van der Waals surface area contributed by atoms with Crippen molar-refractivity contribution in [3.8, 4) is 28.4 Å². The van der Waals surface area contributed by atoms with Crippen molar-refractivity contribution in [2.24, 2.45) is 0 Å². The second kappa shape index (κ2) is 20.6. The molecular formula is C51H37B2F3N4O7S. The van der Waals surface area contributed by atoms with Gasteiger partial charge in [-0.3, -0.25) is 9.97 Å². The normalized spacial score (nSPS) is 11.3. The van der Waals surface area contributed by atoms with Crippen molar-refractivity contribution >= 4 is 97.6 Å². The van der Waals surface area contributed by atoms with Crippen molar-refractivity contribution in [2.75, 3.05) is 11.1 Å². The summed E-state index contributed by atoms with van der Waals surface area (Å²) >= 11 is 0. The molecule has 336 valence electrons. The third-order valence-corrected chi connectivity index (χ3v) is 11.5. The number of hydrogen-bond donors (Lipinski definition) is 2. The second-order valence-electron chi connectivity index (χ2n) is 15.2. The number of aromatic nitrogens is 2. The van der Waals surface area contributed by atoms with Gasteiger partial charge in [0.15, 0.2) is 0 Å². The van der Waals surface area contributed by atoms with Gasteiger partial charge in [0.1, 0.15) is 28.4 Å². The Morgan fingerprint density at radius 2 is 1.07 bits per heavy atom. The Hall–Kier alpha value is -8.17. The standard InChI is InChI=1S/C25H18BN2O2.C18H10F3NO4S.C8H9BNO/c29-16-26-13-17-5-8-20(9-6-17)28-21-10-7-19-14-27-15-23(22(19)12-21)25-11-18-3-1-2-4-24(18)30-25;19-18(20,21)27(23,24)26-13-6-5-12-9-22-10-15(14(12)8-13)17-7-11-3-1-2-4-16(11)25-17;10-8-3-1-7(2-4-8)5-9-6-11/h1-12,14-16,28H,13H2;1-10H;1-4,6H,5,10H2. The maximum atomic E-state index is 12.6. The molecule has 0 aliphatic carbocycles. The Kier molecular flexibility index (Phi) is 14.0. The number of rotatable bonds is 12. The SMILES string of the molecule is Nc1ccc(C[B]C=O)cc1.O=C[B]Cc1ccc(Nc2ccc3cncc(-c4cc5ccccc5o4)c3c2)cc1.O=S(=O)(Oc1ccc2cncc(-c3cc4ccccc4o3)c2c1)C(F)(F)F. The Bertz CT molecular complexity index is 3430. The van der Waals surface area contributed by atoms with Crippen LogP contribution in [0.25, 0.3) is 66.1 Å². The number of pyridine rings is 2. The quantitative estimate of drug-likeness (QED) is 0.0393. The van der Waals surface area contributed by atoms with E-state index in [1.165, 1.54) is 24.5 Å². The van der Waals surface area contributed by atoms with E-state index in [1.54, 1.807) is 26.7 Å². The van der Waals surface area contributed by atoms with Gasteiger partial charge in [-0.15, -0.1) is 0 Å². The van der Waals surface area contributed by atoms with E-state index in [0.29, 0.717) is 40.3 Å². The van der Waals surface area contributed by atoms with E-state index in [9.17, 15) is 31.2 Å². The highest BCUT2D eigenvalue weighted by molar-refractivity contribution is 7.88. The fourth-order valence-electron chi connectivity index (χ4n) is 7.15. The van der Waals surface area contributed by atoms with Crippen LogP contribution in [0, 0.1) is 0 Å². The minimum absolute atomic E-state index is 0.443. The van der Waals surface area contributed by atoms with Gasteiger partial charge >= 0.3 is 15.6 Å². The molecule has 0 saturated heterocycles. The van der Waals surface area contributed by atoms with Crippen molar-refractivity contribution < 1.29 is 44.2 Å². The van der Waals surface area contributed by atoms with Crippen LogP contribution in [-0.4, -0.2) is 50.8 Å². The summed E-state index contributed by atoms with van der Waals surface area (Å²) in [4.78, 5) is 29.0. The number of nitrogen functional groups attached to an aromatic ring is 1. The third kappa shape index (κ3) is 11.1. The van der Waals surface area contributed by atoms with Crippen LogP contribution in [0.3, 0.4) is 0 Å². The zero-order valence-corrected chi connectivity index (χ0v) is 36.6. The molecule has 0 spiro atoms. The number of alkyl halides is 3. The molecule has 68 heavy (non-hydrogen) atoms. The molecule has 0 atom stereocenters. The average molecular weight is 929 g/mol. The molecule has 10 rings (SSSR count). The largest absolute Gasteiger partial charge is 0.534 e. The fourth-order valence-corrected chi connectivity index (χ4v) is 7.60. The van der Waals surface area contributed by atoms with Gasteiger partial charge in [-0.05, 0) is 102 Å². The highest BCUT2D eigenvalue weighted by atomic mass is 32.2. The van der Waals surface area contributed by atoms with Crippen LogP contribution in [0.5, 0.6) is 5.75 Å². The number of hydrogen-bond acceptors (Lipinski definition) is 11. The number of furan rings is 2. The molecule has 0 aliphatic rings. The van der Waals surface area contributed by atoms with Gasteiger partial charge in [0.05, 0.1) is 12.4 Å². The predicted octanol–water partition coefficient (Wildman–Crippen LogP) is 11.3. The molecule has 6 aromatic carbocycles. The average Bonchev–Trinajstić information content (AvgIpc) is 3.98. The van der Waals surface area contributed by atoms with E-state index in [0.717, 1.165) is 85.1 Å². The van der Waals surface area contributed by atoms with E-state index < -0.39 is 21.4 Å². The molecule has 2 radical (unpaired) electrons. The summed E-state index contributed by atoms with van der Waals surface area (Å²) < 4.78 is 76.3. The van der Waals surface area contributed by atoms with Crippen molar-refractivity contribution in [3.05, 3.63) is 182 Å². The Morgan fingerprint density at radius 3 is 1.59 bits per heavy atom. The first-order valence-electron chi connectivity index (χ1n) is 20.9. The first-order chi connectivity index (χ1) is 32.9. The molecule has 4 aromatic heterocycles. The molecule has 3 N–H and O–H groups in total. The number of carbonyl (C=O) groups excluding carboxylic acids is 2. The summed E-state index contributed by atoms with van der Waals surface area (Å²) in [6.07, 6.45) is 9.67. The van der Waals surface area contributed by atoms with Gasteiger partial charge in [0.25, 0.3) is 0 Å². The number of nitrogens with two attached hydrogens (primary N) is 1. The monoisotopic (exact) mass is 928 g/mol. The number of halogens is 3. The molecule has 17 heteroatoms. The number of nitrogens with zero attached hydrogens (tertiary/aromatic N) is 2. The topological polar surface area (TPSA) is 168 Å². The number of nitrogens with one attached hydrogen (secondary N) is 1. The second-order valence-corrected chi connectivity index (χ2v) is 16.7. The first kappa shape index (κ1) is 46.4. The van der Waals surface area contributed by atoms with Crippen LogP contribution in [0.4, 0.5) is 30.2 Å². The summed E-state index contributed by atoms with van der Waals surface area (Å²) in [7, 11) is -2.57. The fraction of sp³-hybridized carbons (Fsp3) is 0.0588. The Balaban J connectivity index is 0.000000152. The number of anilines is 3. The van der Waals surface area contributed by atoms with Gasteiger partial charge < -0.3 is 33.7 Å². The summed E-state index contributed by atoms with van der Waals surface area (Å²) in [6, 6.07) is 44.7. The number of carbonyl (C=O) groups is 2. The number of benzene rings is 6. The molecule has 11 nitrogen and oxygen atoms in total. The smallest absolute Gasteiger partial charge is 0.456 e. The zero-order valence-electron chi connectivity index (χ0n) is 35.8. The van der Waals surface area contributed by atoms with Crippen molar-refractivity contribution in [2.45, 2.75) is 18.1 Å². The zero-order chi connectivity index (χ0) is 47.7. The molecule has 0 saturated carbocycles. The predicted molar refractivity (Wildman–Crippen MR) is 263 cm³/mol. The summed E-state index contributed by atoms with van der Waals surface area (Å²) in [5, 5.41) is 8.53. The Morgan fingerprint density at radius 1 is 0.588 bits per heavy atom. The number of fused-ring (bicyclic) bond motifs is 4. The summed E-state index contributed by atoms with van der Waals surface area (Å²) in [5.74, 6) is 0.802. The van der Waals surface area contributed by atoms with Crippen LogP contribution in [0.1, 0.15) is 11.1 Å². The van der Waals surface area contributed by atoms with Crippen LogP contribution in [0.15, 0.2) is 179 Å². The van der Waals surface area contributed by atoms with Gasteiger partial charge in [-0.1, -0.05) is 77.9 Å². The molecule has 0 aliphatic heterocycles. The van der Waals surface area contributed by atoms with Crippen LogP contribution in [-0.2, 0) is 32.3 Å². The van der Waals surface area contributed by atoms with Crippen LogP contribution >= 0.6 is 0 Å². The molecule has 0 fully saturated rings.